The van der Waals surface area contributed by atoms with Gasteiger partial charge in [0, 0.05) is 0 Å². The topological polar surface area (TPSA) is 44.8 Å². The van der Waals surface area contributed by atoms with Crippen molar-refractivity contribution in [3.8, 4) is 11.5 Å². The molecule has 0 bridgehead atoms. The Kier molecular flexibility index (Phi) is 5.04. The third-order valence-corrected chi connectivity index (χ3v) is 2.96. The van der Waals surface area contributed by atoms with Crippen molar-refractivity contribution >= 4 is 22.6 Å². The highest BCUT2D eigenvalue weighted by Gasteiger charge is 2.13. The van der Waals surface area contributed by atoms with Crippen molar-refractivity contribution < 1.29 is 19.0 Å². The van der Waals surface area contributed by atoms with Gasteiger partial charge >= 0.3 is 5.97 Å². The fourth-order valence-corrected chi connectivity index (χ4v) is 1.63. The van der Waals surface area contributed by atoms with Gasteiger partial charge in [0.05, 0.1) is 31.9 Å². The van der Waals surface area contributed by atoms with E-state index >= 15 is 0 Å². The highest BCUT2D eigenvalue weighted by atomic mass is 35.5. The van der Waals surface area contributed by atoms with Crippen molar-refractivity contribution in [2.45, 2.75) is 6.92 Å². The van der Waals surface area contributed by atoms with Gasteiger partial charge in [-0.3, -0.25) is 0 Å². The van der Waals surface area contributed by atoms with Crippen LogP contribution in [0.3, 0.4) is 0 Å². The first kappa shape index (κ1) is 14.4. The van der Waals surface area contributed by atoms with E-state index in [0.29, 0.717) is 27.7 Å². The van der Waals surface area contributed by atoms with E-state index in [4.69, 9.17) is 21.1 Å². The standard InChI is InChI=1S/C13H15ClO4/c1-8(13(15)18-4)12(14)9-5-6-10(16-2)11(7-9)17-3/h5-7H,1-4H3/b12-8-. The lowest BCUT2D eigenvalue weighted by molar-refractivity contribution is -0.135. The zero-order valence-electron chi connectivity index (χ0n) is 10.7. The predicted molar refractivity (Wildman–Crippen MR) is 70.0 cm³/mol. The molecule has 0 heterocycles. The number of hydrogen-bond donors (Lipinski definition) is 0. The van der Waals surface area contributed by atoms with Crippen LogP contribution >= 0.6 is 11.6 Å². The van der Waals surface area contributed by atoms with E-state index in [9.17, 15) is 4.79 Å². The molecule has 0 saturated heterocycles. The van der Waals surface area contributed by atoms with Gasteiger partial charge in [-0.05, 0) is 30.7 Å². The highest BCUT2D eigenvalue weighted by Crippen LogP contribution is 2.32. The number of rotatable bonds is 4. The summed E-state index contributed by atoms with van der Waals surface area (Å²) in [7, 11) is 4.39. The molecule has 0 saturated carbocycles. The van der Waals surface area contributed by atoms with E-state index in [-0.39, 0.29) is 0 Å². The van der Waals surface area contributed by atoms with E-state index in [2.05, 4.69) is 4.74 Å². The summed E-state index contributed by atoms with van der Waals surface area (Å²) in [5, 5.41) is 0.322. The lowest BCUT2D eigenvalue weighted by atomic mass is 10.1. The quantitative estimate of drug-likeness (QED) is 0.623. The third-order valence-electron chi connectivity index (χ3n) is 2.46. The Labute approximate surface area is 111 Å². The maximum Gasteiger partial charge on any atom is 0.334 e. The van der Waals surface area contributed by atoms with Crippen LogP contribution in [0.2, 0.25) is 0 Å². The van der Waals surface area contributed by atoms with Crippen LogP contribution in [-0.2, 0) is 9.53 Å². The fraction of sp³-hybridized carbons (Fsp3) is 0.308. The Morgan fingerprint density at radius 2 is 1.72 bits per heavy atom. The van der Waals surface area contributed by atoms with Crippen LogP contribution in [0.25, 0.3) is 5.03 Å². The molecule has 0 N–H and O–H groups in total. The summed E-state index contributed by atoms with van der Waals surface area (Å²) in [6.07, 6.45) is 0. The number of esters is 1. The molecule has 0 radical (unpaired) electrons. The average molecular weight is 271 g/mol. The molecule has 0 atom stereocenters. The van der Waals surface area contributed by atoms with Crippen LogP contribution in [0.5, 0.6) is 11.5 Å². The molecule has 18 heavy (non-hydrogen) atoms. The number of ether oxygens (including phenoxy) is 3. The first-order chi connectivity index (χ1) is 8.54. The monoisotopic (exact) mass is 270 g/mol. The molecule has 0 spiro atoms. The minimum Gasteiger partial charge on any atom is -0.493 e. The molecule has 5 heteroatoms. The lowest BCUT2D eigenvalue weighted by Crippen LogP contribution is -2.03. The highest BCUT2D eigenvalue weighted by molar-refractivity contribution is 6.50. The zero-order chi connectivity index (χ0) is 13.7. The molecule has 0 amide bonds. The molecule has 0 aliphatic carbocycles. The number of benzene rings is 1. The van der Waals surface area contributed by atoms with Gasteiger partial charge in [0.2, 0.25) is 0 Å². The van der Waals surface area contributed by atoms with Crippen molar-refractivity contribution in [1.82, 2.24) is 0 Å². The number of carbonyl (C=O) groups is 1. The van der Waals surface area contributed by atoms with Crippen LogP contribution in [-0.4, -0.2) is 27.3 Å². The van der Waals surface area contributed by atoms with E-state index in [1.807, 2.05) is 0 Å². The van der Waals surface area contributed by atoms with Gasteiger partial charge in [0.25, 0.3) is 0 Å². The van der Waals surface area contributed by atoms with Gasteiger partial charge < -0.3 is 14.2 Å². The summed E-state index contributed by atoms with van der Waals surface area (Å²) >= 11 is 6.14. The number of halogens is 1. The summed E-state index contributed by atoms with van der Waals surface area (Å²) in [4.78, 5) is 11.4. The predicted octanol–water partition coefficient (Wildman–Crippen LogP) is 2.85. The van der Waals surface area contributed by atoms with Crippen molar-refractivity contribution in [3.05, 3.63) is 29.3 Å². The van der Waals surface area contributed by atoms with Crippen LogP contribution in [0.4, 0.5) is 0 Å². The molecule has 98 valence electrons. The molecule has 0 fully saturated rings. The van der Waals surface area contributed by atoms with Gasteiger partial charge in [-0.2, -0.15) is 0 Å². The van der Waals surface area contributed by atoms with Crippen LogP contribution in [0.1, 0.15) is 12.5 Å². The molecule has 0 aliphatic heterocycles. The second-order valence-corrected chi connectivity index (χ2v) is 3.88. The van der Waals surface area contributed by atoms with Gasteiger partial charge in [0.1, 0.15) is 0 Å². The van der Waals surface area contributed by atoms with E-state index in [1.165, 1.54) is 14.2 Å². The summed E-state index contributed by atoms with van der Waals surface area (Å²) in [6.45, 7) is 1.60. The van der Waals surface area contributed by atoms with Crippen molar-refractivity contribution in [3.63, 3.8) is 0 Å². The third kappa shape index (κ3) is 2.96. The van der Waals surface area contributed by atoms with Crippen molar-refractivity contribution in [2.24, 2.45) is 0 Å². The first-order valence-corrected chi connectivity index (χ1v) is 5.60. The first-order valence-electron chi connectivity index (χ1n) is 5.22. The SMILES string of the molecule is COC(=O)/C(C)=C(\Cl)c1ccc(OC)c(OC)c1. The van der Waals surface area contributed by atoms with E-state index in [1.54, 1.807) is 32.2 Å². The van der Waals surface area contributed by atoms with Crippen molar-refractivity contribution in [2.75, 3.05) is 21.3 Å². The maximum absolute atomic E-state index is 11.4. The van der Waals surface area contributed by atoms with Crippen LogP contribution in [0, 0.1) is 0 Å². The van der Waals surface area contributed by atoms with Gasteiger partial charge in [-0.25, -0.2) is 4.79 Å². The summed E-state index contributed by atoms with van der Waals surface area (Å²) in [6, 6.07) is 5.17. The number of hydrogen-bond acceptors (Lipinski definition) is 4. The number of carbonyl (C=O) groups excluding carboxylic acids is 1. The summed E-state index contributed by atoms with van der Waals surface area (Å²) in [5.41, 5.74) is 1.00. The molecule has 0 aliphatic rings. The van der Waals surface area contributed by atoms with E-state index in [0.717, 1.165) is 0 Å². The van der Waals surface area contributed by atoms with E-state index < -0.39 is 5.97 Å². The Morgan fingerprint density at radius 3 is 2.22 bits per heavy atom. The molecule has 0 unspecified atom stereocenters. The summed E-state index contributed by atoms with van der Waals surface area (Å²) < 4.78 is 14.9. The van der Waals surface area contributed by atoms with Gasteiger partial charge in [-0.1, -0.05) is 11.6 Å². The fourth-order valence-electron chi connectivity index (χ4n) is 1.43. The second kappa shape index (κ2) is 6.31. The Morgan fingerprint density at radius 1 is 1.11 bits per heavy atom. The van der Waals surface area contributed by atoms with Gasteiger partial charge in [0.15, 0.2) is 11.5 Å². The molecular weight excluding hydrogens is 256 g/mol. The molecule has 1 aromatic carbocycles. The molecule has 0 aromatic heterocycles. The smallest absolute Gasteiger partial charge is 0.334 e. The number of methoxy groups -OCH3 is 3. The normalized spacial score (nSPS) is 11.6. The van der Waals surface area contributed by atoms with Crippen LogP contribution in [0.15, 0.2) is 23.8 Å². The zero-order valence-corrected chi connectivity index (χ0v) is 11.5. The Balaban J connectivity index is 3.22. The van der Waals surface area contributed by atoms with Crippen LogP contribution < -0.4 is 9.47 Å². The summed E-state index contributed by atoms with van der Waals surface area (Å²) in [5.74, 6) is 0.682. The molecule has 4 nitrogen and oxygen atoms in total. The Hall–Kier alpha value is -1.68. The Bertz CT molecular complexity index is 480. The maximum atomic E-state index is 11.4. The average Bonchev–Trinajstić information content (AvgIpc) is 2.43. The molecule has 1 aromatic rings. The van der Waals surface area contributed by atoms with Gasteiger partial charge in [-0.15, -0.1) is 0 Å². The minimum atomic E-state index is -0.463. The largest absolute Gasteiger partial charge is 0.493 e. The minimum absolute atomic E-state index is 0.322. The van der Waals surface area contributed by atoms with Crippen molar-refractivity contribution in [1.29, 1.82) is 0 Å². The second-order valence-electron chi connectivity index (χ2n) is 3.50. The molecule has 1 rings (SSSR count). The lowest BCUT2D eigenvalue weighted by Gasteiger charge is -2.10. The molecular formula is C13H15ClO4.